The summed E-state index contributed by atoms with van der Waals surface area (Å²) < 4.78 is 0. The van der Waals surface area contributed by atoms with Crippen molar-refractivity contribution in [2.24, 2.45) is 0 Å². The van der Waals surface area contributed by atoms with Gasteiger partial charge < -0.3 is 0 Å². The van der Waals surface area contributed by atoms with Gasteiger partial charge in [-0.25, -0.2) is 0 Å². The molecule has 0 heteroatoms. The molecule has 1 atom stereocenters. The van der Waals surface area contributed by atoms with Gasteiger partial charge >= 0.3 is 0 Å². The normalized spacial score (nSPS) is 13.3. The molecule has 0 amide bonds. The molecule has 0 aliphatic heterocycles. The van der Waals surface area contributed by atoms with E-state index in [9.17, 15) is 0 Å². The molecule has 0 heterocycles. The molecule has 0 bridgehead atoms. The summed E-state index contributed by atoms with van der Waals surface area (Å²) in [6.07, 6.45) is 6.84. The van der Waals surface area contributed by atoms with Crippen molar-refractivity contribution in [2.45, 2.75) is 46.5 Å². The molecule has 1 unspecified atom stereocenters. The van der Waals surface area contributed by atoms with Crippen LogP contribution in [0, 0.1) is 13.8 Å². The van der Waals surface area contributed by atoms with Crippen molar-refractivity contribution in [2.75, 3.05) is 0 Å². The maximum absolute atomic E-state index is 2.32. The van der Waals surface area contributed by atoms with Gasteiger partial charge in [0.25, 0.3) is 0 Å². The molecule has 0 spiro atoms. The lowest BCUT2D eigenvalue weighted by atomic mass is 9.92. The van der Waals surface area contributed by atoms with E-state index < -0.39 is 0 Å². The summed E-state index contributed by atoms with van der Waals surface area (Å²) >= 11 is 0. The lowest BCUT2D eigenvalue weighted by Crippen LogP contribution is -1.96. The van der Waals surface area contributed by atoms with Gasteiger partial charge in [0, 0.05) is 0 Å². The summed E-state index contributed by atoms with van der Waals surface area (Å²) in [6.45, 7) is 8.85. The topological polar surface area (TPSA) is 0 Å². The molecule has 0 saturated heterocycles. The van der Waals surface area contributed by atoms with Crippen LogP contribution in [-0.4, -0.2) is 0 Å². The van der Waals surface area contributed by atoms with Gasteiger partial charge in [0.15, 0.2) is 0 Å². The van der Waals surface area contributed by atoms with Crippen molar-refractivity contribution >= 4 is 0 Å². The van der Waals surface area contributed by atoms with Crippen molar-refractivity contribution in [3.8, 4) is 0 Å². The maximum atomic E-state index is 2.32. The van der Waals surface area contributed by atoms with Gasteiger partial charge in [-0.15, -0.1) is 0 Å². The van der Waals surface area contributed by atoms with Crippen molar-refractivity contribution in [3.05, 3.63) is 47.0 Å². The van der Waals surface area contributed by atoms with Crippen molar-refractivity contribution in [1.82, 2.24) is 0 Å². The lowest BCUT2D eigenvalue weighted by Gasteiger charge is -2.13. The molecule has 1 aromatic rings. The Morgan fingerprint density at radius 1 is 1.20 bits per heavy atom. The van der Waals surface area contributed by atoms with Crippen LogP contribution in [0.1, 0.15) is 49.3 Å². The van der Waals surface area contributed by atoms with Crippen LogP contribution in [0.2, 0.25) is 0 Å². The molecule has 0 aromatic heterocycles. The summed E-state index contributed by atoms with van der Waals surface area (Å²) in [7, 11) is 0. The first kappa shape index (κ1) is 12.0. The van der Waals surface area contributed by atoms with Crippen LogP contribution in [0.5, 0.6) is 0 Å². The SMILES string of the molecule is CC/C=C\CC(C)c1cc(C)ccc1C. The third-order valence-corrected chi connectivity index (χ3v) is 2.86. The van der Waals surface area contributed by atoms with E-state index in [0.717, 1.165) is 12.8 Å². The lowest BCUT2D eigenvalue weighted by molar-refractivity contribution is 0.771. The monoisotopic (exact) mass is 202 g/mol. The molecule has 0 aliphatic carbocycles. The molecule has 0 saturated carbocycles. The zero-order chi connectivity index (χ0) is 11.3. The number of allylic oxidation sites excluding steroid dienone is 2. The molecule has 0 nitrogen and oxygen atoms in total. The van der Waals surface area contributed by atoms with Crippen LogP contribution < -0.4 is 0 Å². The first-order chi connectivity index (χ1) is 7.15. The molecule has 82 valence electrons. The highest BCUT2D eigenvalue weighted by molar-refractivity contribution is 5.33. The Labute approximate surface area is 94.0 Å². The molecule has 0 aliphatic rings. The zero-order valence-electron chi connectivity index (χ0n) is 10.4. The second-order valence-electron chi connectivity index (χ2n) is 4.38. The van der Waals surface area contributed by atoms with Crippen LogP contribution in [0.4, 0.5) is 0 Å². The van der Waals surface area contributed by atoms with Crippen LogP contribution in [-0.2, 0) is 0 Å². The first-order valence-corrected chi connectivity index (χ1v) is 5.87. The van der Waals surface area contributed by atoms with Crippen LogP contribution in [0.15, 0.2) is 30.4 Å². The average molecular weight is 202 g/mol. The maximum Gasteiger partial charge on any atom is -0.0153 e. The van der Waals surface area contributed by atoms with E-state index in [2.05, 4.69) is 58.0 Å². The van der Waals surface area contributed by atoms with Gasteiger partial charge in [0.2, 0.25) is 0 Å². The van der Waals surface area contributed by atoms with E-state index >= 15 is 0 Å². The predicted octanol–water partition coefficient (Wildman–Crippen LogP) is 4.76. The quantitative estimate of drug-likeness (QED) is 0.617. The van der Waals surface area contributed by atoms with E-state index in [1.54, 1.807) is 0 Å². The van der Waals surface area contributed by atoms with Gasteiger partial charge in [-0.2, -0.15) is 0 Å². The number of aryl methyl sites for hydroxylation is 2. The van der Waals surface area contributed by atoms with Crippen LogP contribution >= 0.6 is 0 Å². The highest BCUT2D eigenvalue weighted by atomic mass is 14.1. The molecular formula is C15H22. The average Bonchev–Trinajstić information content (AvgIpc) is 2.22. The van der Waals surface area contributed by atoms with Gasteiger partial charge in [-0.1, -0.05) is 49.8 Å². The molecule has 1 rings (SSSR count). The minimum absolute atomic E-state index is 0.632. The Bertz CT molecular complexity index is 334. The number of hydrogen-bond acceptors (Lipinski definition) is 0. The van der Waals surface area contributed by atoms with Crippen LogP contribution in [0.25, 0.3) is 0 Å². The largest absolute Gasteiger partial charge is 0.0888 e. The van der Waals surface area contributed by atoms with Gasteiger partial charge in [0.05, 0.1) is 0 Å². The summed E-state index contributed by atoms with van der Waals surface area (Å²) in [5.41, 5.74) is 4.27. The number of hydrogen-bond donors (Lipinski definition) is 0. The molecule has 0 fully saturated rings. The van der Waals surface area contributed by atoms with Crippen molar-refractivity contribution in [1.29, 1.82) is 0 Å². The minimum atomic E-state index is 0.632. The first-order valence-electron chi connectivity index (χ1n) is 5.87. The van der Waals surface area contributed by atoms with E-state index in [0.29, 0.717) is 5.92 Å². The highest BCUT2D eigenvalue weighted by Gasteiger charge is 2.06. The number of benzene rings is 1. The highest BCUT2D eigenvalue weighted by Crippen LogP contribution is 2.24. The summed E-state index contributed by atoms with van der Waals surface area (Å²) in [5.74, 6) is 0.632. The van der Waals surface area contributed by atoms with E-state index in [-0.39, 0.29) is 0 Å². The van der Waals surface area contributed by atoms with Crippen molar-refractivity contribution in [3.63, 3.8) is 0 Å². The van der Waals surface area contributed by atoms with Gasteiger partial charge in [-0.05, 0) is 43.7 Å². The summed E-state index contributed by atoms with van der Waals surface area (Å²) in [4.78, 5) is 0. The Balaban J connectivity index is 2.76. The van der Waals surface area contributed by atoms with E-state index in [1.165, 1.54) is 16.7 Å². The van der Waals surface area contributed by atoms with E-state index in [1.807, 2.05) is 0 Å². The minimum Gasteiger partial charge on any atom is -0.0888 e. The van der Waals surface area contributed by atoms with Gasteiger partial charge in [0.1, 0.15) is 0 Å². The third kappa shape index (κ3) is 3.54. The summed E-state index contributed by atoms with van der Waals surface area (Å²) in [6, 6.07) is 6.73. The van der Waals surface area contributed by atoms with Crippen LogP contribution in [0.3, 0.4) is 0 Å². The second-order valence-corrected chi connectivity index (χ2v) is 4.38. The standard InChI is InChI=1S/C15H22/c1-5-6-7-8-13(3)15-11-12(2)9-10-14(15)4/h6-7,9-11,13H,5,8H2,1-4H3/b7-6-. The number of rotatable bonds is 4. The predicted molar refractivity (Wildman–Crippen MR) is 68.4 cm³/mol. The molecule has 1 aromatic carbocycles. The molecule has 0 radical (unpaired) electrons. The van der Waals surface area contributed by atoms with Gasteiger partial charge in [-0.3, -0.25) is 0 Å². The second kappa shape index (κ2) is 5.75. The fourth-order valence-electron chi connectivity index (χ4n) is 1.88. The fourth-order valence-corrected chi connectivity index (χ4v) is 1.88. The molecular weight excluding hydrogens is 180 g/mol. The Kier molecular flexibility index (Phi) is 4.61. The van der Waals surface area contributed by atoms with Crippen molar-refractivity contribution < 1.29 is 0 Å². The smallest absolute Gasteiger partial charge is 0.0153 e. The molecule has 0 N–H and O–H groups in total. The Hall–Kier alpha value is -1.04. The fraction of sp³-hybridized carbons (Fsp3) is 0.467. The van der Waals surface area contributed by atoms with E-state index in [4.69, 9.17) is 0 Å². The Morgan fingerprint density at radius 3 is 2.60 bits per heavy atom. The third-order valence-electron chi connectivity index (χ3n) is 2.86. The Morgan fingerprint density at radius 2 is 1.93 bits per heavy atom. The molecule has 15 heavy (non-hydrogen) atoms. The summed E-state index contributed by atoms with van der Waals surface area (Å²) in [5, 5.41) is 0. The zero-order valence-corrected chi connectivity index (χ0v) is 10.4.